The number of methoxy groups -OCH3 is 1. The first-order valence-corrected chi connectivity index (χ1v) is 5.47. The summed E-state index contributed by atoms with van der Waals surface area (Å²) >= 11 is 1.66. The van der Waals surface area contributed by atoms with Crippen molar-refractivity contribution in [1.82, 2.24) is 0 Å². The molecule has 0 atom stereocenters. The first-order valence-electron chi connectivity index (χ1n) is 4.60. The van der Waals surface area contributed by atoms with Crippen molar-refractivity contribution in [3.63, 3.8) is 0 Å². The van der Waals surface area contributed by atoms with Crippen LogP contribution in [0.5, 0.6) is 5.75 Å². The average Bonchev–Trinajstić information content (AvgIpc) is 2.65. The van der Waals surface area contributed by atoms with Crippen LogP contribution in [0.15, 0.2) is 29.6 Å². The second-order valence-electron chi connectivity index (χ2n) is 3.30. The zero-order chi connectivity index (χ0) is 10.8. The highest BCUT2D eigenvalue weighted by Gasteiger charge is 2.05. The van der Waals surface area contributed by atoms with Gasteiger partial charge in [-0.2, -0.15) is 0 Å². The Morgan fingerprint density at radius 1 is 1.20 bits per heavy atom. The molecule has 0 radical (unpaired) electrons. The predicted molar refractivity (Wildman–Crippen MR) is 61.0 cm³/mol. The molecule has 0 bridgehead atoms. The van der Waals surface area contributed by atoms with Crippen molar-refractivity contribution in [1.29, 1.82) is 0 Å². The molecule has 0 amide bonds. The number of halogens is 1. The van der Waals surface area contributed by atoms with Crippen LogP contribution in [0.4, 0.5) is 4.39 Å². The Morgan fingerprint density at radius 3 is 2.53 bits per heavy atom. The molecule has 2 rings (SSSR count). The zero-order valence-corrected chi connectivity index (χ0v) is 9.40. The third-order valence-corrected chi connectivity index (χ3v) is 3.08. The van der Waals surface area contributed by atoms with Gasteiger partial charge in [-0.15, -0.1) is 11.3 Å². The largest absolute Gasteiger partial charge is 0.494 e. The lowest BCUT2D eigenvalue weighted by molar-refractivity contribution is 0.386. The average molecular weight is 222 g/mol. The molecule has 0 saturated heterocycles. The van der Waals surface area contributed by atoms with Crippen LogP contribution in [0.1, 0.15) is 4.88 Å². The molecule has 0 fully saturated rings. The van der Waals surface area contributed by atoms with E-state index in [1.807, 2.05) is 24.4 Å². The molecule has 0 saturated carbocycles. The lowest BCUT2D eigenvalue weighted by atomic mass is 10.1. The fourth-order valence-corrected chi connectivity index (χ4v) is 2.15. The van der Waals surface area contributed by atoms with E-state index >= 15 is 0 Å². The van der Waals surface area contributed by atoms with Crippen molar-refractivity contribution in [2.45, 2.75) is 6.92 Å². The van der Waals surface area contributed by atoms with Crippen LogP contribution in [-0.4, -0.2) is 7.11 Å². The van der Waals surface area contributed by atoms with Gasteiger partial charge in [-0.25, -0.2) is 4.39 Å². The van der Waals surface area contributed by atoms with Crippen molar-refractivity contribution in [3.05, 3.63) is 40.3 Å². The molecule has 0 aliphatic heterocycles. The second kappa shape index (κ2) is 4.03. The Kier molecular flexibility index (Phi) is 2.73. The molecule has 0 aliphatic rings. The minimum absolute atomic E-state index is 0.283. The van der Waals surface area contributed by atoms with Crippen LogP contribution in [0, 0.1) is 12.7 Å². The Morgan fingerprint density at radius 2 is 2.00 bits per heavy atom. The molecule has 78 valence electrons. The fraction of sp³-hybridized carbons (Fsp3) is 0.167. The summed E-state index contributed by atoms with van der Waals surface area (Å²) in [5.74, 6) is -0.0374. The first kappa shape index (κ1) is 10.2. The van der Waals surface area contributed by atoms with Gasteiger partial charge in [0.25, 0.3) is 0 Å². The van der Waals surface area contributed by atoms with E-state index in [1.54, 1.807) is 17.4 Å². The molecule has 15 heavy (non-hydrogen) atoms. The summed E-state index contributed by atoms with van der Waals surface area (Å²) in [5, 5.41) is 2.02. The highest BCUT2D eigenvalue weighted by Crippen LogP contribution is 2.28. The van der Waals surface area contributed by atoms with Crippen LogP contribution < -0.4 is 4.74 Å². The van der Waals surface area contributed by atoms with E-state index in [9.17, 15) is 4.39 Å². The molecular formula is C12H11FOS. The lowest BCUT2D eigenvalue weighted by Gasteiger charge is -2.03. The van der Waals surface area contributed by atoms with Crippen LogP contribution in [-0.2, 0) is 0 Å². The highest BCUT2D eigenvalue weighted by atomic mass is 32.1. The molecule has 2 aromatic rings. The Hall–Kier alpha value is -1.35. The van der Waals surface area contributed by atoms with Crippen molar-refractivity contribution in [2.75, 3.05) is 7.11 Å². The fourth-order valence-electron chi connectivity index (χ4n) is 1.44. The van der Waals surface area contributed by atoms with Gasteiger partial charge < -0.3 is 4.74 Å². The third-order valence-electron chi connectivity index (χ3n) is 2.22. The number of rotatable bonds is 2. The van der Waals surface area contributed by atoms with Gasteiger partial charge in [0, 0.05) is 4.88 Å². The number of hydrogen-bond donors (Lipinski definition) is 0. The number of thiophene rings is 1. The van der Waals surface area contributed by atoms with Gasteiger partial charge >= 0.3 is 0 Å². The van der Waals surface area contributed by atoms with Crippen molar-refractivity contribution >= 4 is 11.3 Å². The Labute approximate surface area is 92.1 Å². The van der Waals surface area contributed by atoms with Gasteiger partial charge in [0.05, 0.1) is 7.11 Å². The molecular weight excluding hydrogens is 211 g/mol. The van der Waals surface area contributed by atoms with Gasteiger partial charge in [0.2, 0.25) is 0 Å². The van der Waals surface area contributed by atoms with E-state index in [1.165, 1.54) is 18.1 Å². The van der Waals surface area contributed by atoms with E-state index in [4.69, 9.17) is 4.74 Å². The monoisotopic (exact) mass is 222 g/mol. The van der Waals surface area contributed by atoms with E-state index in [0.29, 0.717) is 0 Å². The summed E-state index contributed by atoms with van der Waals surface area (Å²) in [6.07, 6.45) is 0. The summed E-state index contributed by atoms with van der Waals surface area (Å²) in [6.45, 7) is 2.04. The SMILES string of the molecule is COc1ccc(-c2csc(C)c2)cc1F. The quantitative estimate of drug-likeness (QED) is 0.749. The van der Waals surface area contributed by atoms with E-state index in [2.05, 4.69) is 0 Å². The molecule has 3 heteroatoms. The van der Waals surface area contributed by atoms with Crippen LogP contribution in [0.2, 0.25) is 0 Å². The van der Waals surface area contributed by atoms with Crippen molar-refractivity contribution in [3.8, 4) is 16.9 Å². The van der Waals surface area contributed by atoms with Crippen molar-refractivity contribution in [2.24, 2.45) is 0 Å². The van der Waals surface area contributed by atoms with Crippen LogP contribution in [0.3, 0.4) is 0 Å². The van der Waals surface area contributed by atoms with Gasteiger partial charge in [-0.05, 0) is 41.6 Å². The smallest absolute Gasteiger partial charge is 0.165 e. The predicted octanol–water partition coefficient (Wildman–Crippen LogP) is 3.87. The summed E-state index contributed by atoms with van der Waals surface area (Å²) in [4.78, 5) is 1.22. The summed E-state index contributed by atoms with van der Waals surface area (Å²) in [6, 6.07) is 7.06. The van der Waals surface area contributed by atoms with Crippen LogP contribution in [0.25, 0.3) is 11.1 Å². The topological polar surface area (TPSA) is 9.23 Å². The number of ether oxygens (including phenoxy) is 1. The molecule has 1 aromatic carbocycles. The maximum atomic E-state index is 13.4. The molecule has 1 aromatic heterocycles. The van der Waals surface area contributed by atoms with E-state index in [0.717, 1.165) is 11.1 Å². The minimum atomic E-state index is -0.321. The van der Waals surface area contributed by atoms with Gasteiger partial charge in [-0.1, -0.05) is 6.07 Å². The van der Waals surface area contributed by atoms with Gasteiger partial charge in [-0.3, -0.25) is 0 Å². The van der Waals surface area contributed by atoms with E-state index in [-0.39, 0.29) is 11.6 Å². The molecule has 1 heterocycles. The maximum absolute atomic E-state index is 13.4. The molecule has 0 aliphatic carbocycles. The third kappa shape index (κ3) is 2.02. The van der Waals surface area contributed by atoms with E-state index < -0.39 is 0 Å². The lowest BCUT2D eigenvalue weighted by Crippen LogP contribution is -1.87. The van der Waals surface area contributed by atoms with Crippen molar-refractivity contribution < 1.29 is 9.13 Å². The number of aryl methyl sites for hydroxylation is 1. The summed E-state index contributed by atoms with van der Waals surface area (Å²) < 4.78 is 18.3. The van der Waals surface area contributed by atoms with Crippen LogP contribution >= 0.6 is 11.3 Å². The number of hydrogen-bond acceptors (Lipinski definition) is 2. The minimum Gasteiger partial charge on any atom is -0.494 e. The molecule has 1 nitrogen and oxygen atoms in total. The molecule has 0 N–H and O–H groups in total. The second-order valence-corrected chi connectivity index (χ2v) is 4.41. The summed E-state index contributed by atoms with van der Waals surface area (Å²) in [7, 11) is 1.47. The normalized spacial score (nSPS) is 10.3. The van der Waals surface area contributed by atoms with Gasteiger partial charge in [0.1, 0.15) is 0 Å². The first-order chi connectivity index (χ1) is 7.20. The molecule has 0 spiro atoms. The Bertz CT molecular complexity index is 476. The molecule has 0 unspecified atom stereocenters. The highest BCUT2D eigenvalue weighted by molar-refractivity contribution is 7.10. The number of benzene rings is 1. The Balaban J connectivity index is 2.42. The summed E-state index contributed by atoms with van der Waals surface area (Å²) in [5.41, 5.74) is 1.94. The maximum Gasteiger partial charge on any atom is 0.165 e. The standard InChI is InChI=1S/C12H11FOS/c1-8-5-10(7-15-8)9-3-4-12(14-2)11(13)6-9/h3-7H,1-2H3. The van der Waals surface area contributed by atoms with Gasteiger partial charge in [0.15, 0.2) is 11.6 Å². The zero-order valence-electron chi connectivity index (χ0n) is 8.58.